The van der Waals surface area contributed by atoms with Crippen LogP contribution in [0.2, 0.25) is 0 Å². The molecule has 0 heterocycles. The smallest absolute Gasteiger partial charge is 0.155 e. The molecule has 2 nitrogen and oxygen atoms in total. The molecule has 4 rings (SSSR count). The molecule has 0 saturated heterocycles. The van der Waals surface area contributed by atoms with Gasteiger partial charge in [-0.2, -0.15) is 0 Å². The molecule has 4 aliphatic carbocycles. The molecule has 3 saturated carbocycles. The number of carbonyl (C=O) groups is 1. The van der Waals surface area contributed by atoms with Gasteiger partial charge in [-0.3, -0.25) is 4.79 Å². The summed E-state index contributed by atoms with van der Waals surface area (Å²) in [6.07, 6.45) is 13.9. The number of carbonyl (C=O) groups excluding carboxylic acids is 1. The molecular formula is C21H32O2. The van der Waals surface area contributed by atoms with Gasteiger partial charge in [0, 0.05) is 13.0 Å². The van der Waals surface area contributed by atoms with E-state index >= 15 is 0 Å². The van der Waals surface area contributed by atoms with Gasteiger partial charge < -0.3 is 5.11 Å². The van der Waals surface area contributed by atoms with Crippen molar-refractivity contribution in [1.82, 2.24) is 0 Å². The molecule has 3 fully saturated rings. The molecule has 0 bridgehead atoms. The number of ketones is 1. The molecule has 0 aliphatic heterocycles. The standard InChI is InChI=1S/C21H32O2/c1-20-11-8-19-17(18(20)6-4-14(20)9-12-22)5-3-15-13-16(23)7-10-21(15,19)2/h7,10,14-15,17-19,22H,3-6,8-9,11-13H2,1-2H3/t14-,15?,17?,18?,19?,20-,21?/m1/s1. The Balaban J connectivity index is 1.63. The van der Waals surface area contributed by atoms with Crippen molar-refractivity contribution in [2.45, 2.75) is 65.2 Å². The minimum absolute atomic E-state index is 0.257. The van der Waals surface area contributed by atoms with Gasteiger partial charge in [0.1, 0.15) is 0 Å². The second kappa shape index (κ2) is 5.44. The monoisotopic (exact) mass is 316 g/mol. The number of allylic oxidation sites excluding steroid dienone is 2. The number of aliphatic hydroxyl groups excluding tert-OH is 1. The van der Waals surface area contributed by atoms with Crippen LogP contribution in [0.25, 0.3) is 0 Å². The van der Waals surface area contributed by atoms with E-state index in [9.17, 15) is 9.90 Å². The maximum Gasteiger partial charge on any atom is 0.155 e. The molecule has 0 spiro atoms. The lowest BCUT2D eigenvalue weighted by molar-refractivity contribution is -0.122. The third-order valence-electron chi connectivity index (χ3n) is 8.71. The first-order valence-corrected chi connectivity index (χ1v) is 9.82. The Morgan fingerprint density at radius 2 is 1.96 bits per heavy atom. The van der Waals surface area contributed by atoms with E-state index in [1.54, 1.807) is 0 Å². The third-order valence-corrected chi connectivity index (χ3v) is 8.71. The summed E-state index contributed by atoms with van der Waals surface area (Å²) in [6.45, 7) is 5.32. The molecule has 2 heteroatoms. The first-order chi connectivity index (χ1) is 11.0. The summed E-state index contributed by atoms with van der Waals surface area (Å²) < 4.78 is 0. The molecule has 0 amide bonds. The van der Waals surface area contributed by atoms with Crippen LogP contribution in [0.4, 0.5) is 0 Å². The summed E-state index contributed by atoms with van der Waals surface area (Å²) in [5.41, 5.74) is 0.717. The fraction of sp³-hybridized carbons (Fsp3) is 0.857. The van der Waals surface area contributed by atoms with Gasteiger partial charge >= 0.3 is 0 Å². The van der Waals surface area contributed by atoms with Gasteiger partial charge in [0.15, 0.2) is 5.78 Å². The van der Waals surface area contributed by atoms with Crippen molar-refractivity contribution in [3.8, 4) is 0 Å². The largest absolute Gasteiger partial charge is 0.396 e. The summed E-state index contributed by atoms with van der Waals surface area (Å²) in [5, 5.41) is 9.44. The second-order valence-corrected chi connectivity index (χ2v) is 9.35. The van der Waals surface area contributed by atoms with Gasteiger partial charge in [-0.1, -0.05) is 19.9 Å². The van der Waals surface area contributed by atoms with Crippen molar-refractivity contribution >= 4 is 5.78 Å². The third kappa shape index (κ3) is 2.20. The van der Waals surface area contributed by atoms with Crippen molar-refractivity contribution in [3.63, 3.8) is 0 Å². The van der Waals surface area contributed by atoms with Crippen molar-refractivity contribution in [1.29, 1.82) is 0 Å². The molecule has 128 valence electrons. The van der Waals surface area contributed by atoms with Crippen LogP contribution in [0.5, 0.6) is 0 Å². The molecule has 0 aromatic heterocycles. The molecular weight excluding hydrogens is 284 g/mol. The van der Waals surface area contributed by atoms with Crippen LogP contribution in [-0.4, -0.2) is 17.5 Å². The normalized spacial score (nSPS) is 52.0. The fourth-order valence-corrected chi connectivity index (χ4v) is 7.37. The van der Waals surface area contributed by atoms with Crippen LogP contribution in [0.3, 0.4) is 0 Å². The summed E-state index contributed by atoms with van der Waals surface area (Å²) >= 11 is 0. The maximum atomic E-state index is 11.9. The first-order valence-electron chi connectivity index (χ1n) is 9.82. The van der Waals surface area contributed by atoms with Crippen LogP contribution in [-0.2, 0) is 4.79 Å². The van der Waals surface area contributed by atoms with Crippen molar-refractivity contribution < 1.29 is 9.90 Å². The van der Waals surface area contributed by atoms with Gasteiger partial charge in [0.2, 0.25) is 0 Å². The van der Waals surface area contributed by atoms with Crippen LogP contribution < -0.4 is 0 Å². The Labute approximate surface area is 140 Å². The van der Waals surface area contributed by atoms with E-state index in [1.165, 1.54) is 38.5 Å². The summed E-state index contributed by atoms with van der Waals surface area (Å²) in [6, 6.07) is 0. The molecule has 0 aromatic rings. The van der Waals surface area contributed by atoms with Crippen molar-refractivity contribution in [3.05, 3.63) is 12.2 Å². The number of hydrogen-bond acceptors (Lipinski definition) is 2. The van der Waals surface area contributed by atoms with E-state index in [0.29, 0.717) is 23.7 Å². The zero-order chi connectivity index (χ0) is 16.2. The SMILES string of the molecule is CC12C=CC(=O)CC1CCC1C2CC[C@@]2(C)C1CC[C@@H]2CCO. The van der Waals surface area contributed by atoms with Gasteiger partial charge in [0.05, 0.1) is 0 Å². The number of aliphatic hydroxyl groups is 1. The van der Waals surface area contributed by atoms with E-state index in [2.05, 4.69) is 19.9 Å². The zero-order valence-electron chi connectivity index (χ0n) is 14.8. The van der Waals surface area contributed by atoms with E-state index in [0.717, 1.165) is 36.5 Å². The highest BCUT2D eigenvalue weighted by molar-refractivity contribution is 5.91. The van der Waals surface area contributed by atoms with E-state index in [1.807, 2.05) is 6.08 Å². The number of rotatable bonds is 2. The van der Waals surface area contributed by atoms with Gasteiger partial charge in [-0.05, 0) is 91.4 Å². The Bertz CT molecular complexity index is 524. The zero-order valence-corrected chi connectivity index (χ0v) is 14.8. The fourth-order valence-electron chi connectivity index (χ4n) is 7.37. The predicted molar refractivity (Wildman–Crippen MR) is 91.8 cm³/mol. The summed E-state index contributed by atoms with van der Waals surface area (Å²) in [4.78, 5) is 11.9. The Morgan fingerprint density at radius 1 is 1.13 bits per heavy atom. The lowest BCUT2D eigenvalue weighted by Crippen LogP contribution is -2.52. The average Bonchev–Trinajstić information content (AvgIpc) is 2.85. The van der Waals surface area contributed by atoms with Gasteiger partial charge in [0.25, 0.3) is 0 Å². The topological polar surface area (TPSA) is 37.3 Å². The lowest BCUT2D eigenvalue weighted by Gasteiger charge is -2.59. The van der Waals surface area contributed by atoms with Crippen molar-refractivity contribution in [2.75, 3.05) is 6.61 Å². The van der Waals surface area contributed by atoms with E-state index in [4.69, 9.17) is 0 Å². The van der Waals surface area contributed by atoms with Crippen LogP contribution in [0.15, 0.2) is 12.2 Å². The minimum Gasteiger partial charge on any atom is -0.396 e. The van der Waals surface area contributed by atoms with Crippen LogP contribution >= 0.6 is 0 Å². The van der Waals surface area contributed by atoms with E-state index < -0.39 is 0 Å². The highest BCUT2D eigenvalue weighted by Crippen LogP contribution is 2.66. The highest BCUT2D eigenvalue weighted by atomic mass is 16.3. The van der Waals surface area contributed by atoms with E-state index in [-0.39, 0.29) is 5.41 Å². The Hall–Kier alpha value is -0.630. The second-order valence-electron chi connectivity index (χ2n) is 9.35. The minimum atomic E-state index is 0.257. The molecule has 5 unspecified atom stereocenters. The Morgan fingerprint density at radius 3 is 2.74 bits per heavy atom. The first kappa shape index (κ1) is 15.9. The molecule has 0 aromatic carbocycles. The molecule has 23 heavy (non-hydrogen) atoms. The van der Waals surface area contributed by atoms with Crippen LogP contribution in [0, 0.1) is 40.4 Å². The summed E-state index contributed by atoms with van der Waals surface area (Å²) in [7, 11) is 0. The molecule has 1 N–H and O–H groups in total. The molecule has 4 aliphatic rings. The van der Waals surface area contributed by atoms with Gasteiger partial charge in [-0.25, -0.2) is 0 Å². The molecule has 0 radical (unpaired) electrons. The molecule has 7 atom stereocenters. The van der Waals surface area contributed by atoms with Crippen molar-refractivity contribution in [2.24, 2.45) is 40.4 Å². The maximum absolute atomic E-state index is 11.9. The Kier molecular flexibility index (Phi) is 3.75. The number of fused-ring (bicyclic) bond motifs is 5. The average molecular weight is 316 g/mol. The number of hydrogen-bond donors (Lipinski definition) is 1. The lowest BCUT2D eigenvalue weighted by atomic mass is 9.46. The van der Waals surface area contributed by atoms with Crippen LogP contribution in [0.1, 0.15) is 65.2 Å². The van der Waals surface area contributed by atoms with Gasteiger partial charge in [-0.15, -0.1) is 0 Å². The highest BCUT2D eigenvalue weighted by Gasteiger charge is 2.59. The summed E-state index contributed by atoms with van der Waals surface area (Å²) in [5.74, 6) is 4.12. The quantitative estimate of drug-likeness (QED) is 0.821. The predicted octanol–water partition coefficient (Wildman–Crippen LogP) is 4.37.